The fourth-order valence-corrected chi connectivity index (χ4v) is 5.12. The zero-order valence-electron chi connectivity index (χ0n) is 24.4. The summed E-state index contributed by atoms with van der Waals surface area (Å²) in [4.78, 5) is 47.7. The Morgan fingerprint density at radius 2 is 1.15 bits per heavy atom. The fraction of sp³-hybridized carbons (Fsp3) is 0.429. The van der Waals surface area contributed by atoms with Gasteiger partial charge in [0, 0.05) is 24.1 Å². The van der Waals surface area contributed by atoms with E-state index < -0.39 is 80.2 Å². The number of ether oxygens (including phenoxy) is 1. The van der Waals surface area contributed by atoms with Crippen LogP contribution in [0.4, 0.5) is 17.6 Å². The van der Waals surface area contributed by atoms with Crippen LogP contribution in [0.15, 0.2) is 54.6 Å². The second kappa shape index (κ2) is 16.7. The van der Waals surface area contributed by atoms with E-state index in [4.69, 9.17) is 4.74 Å². The fourth-order valence-electron chi connectivity index (χ4n) is 3.62. The third-order valence-corrected chi connectivity index (χ3v) is 8.81. The van der Waals surface area contributed by atoms with Crippen LogP contribution in [0.5, 0.6) is 5.75 Å². The molecule has 1 amide bonds. The lowest BCUT2D eigenvalue weighted by atomic mass is 10.1. The van der Waals surface area contributed by atoms with Crippen LogP contribution in [-0.4, -0.2) is 77.5 Å². The minimum Gasteiger partial charge on any atom is -0.497 e. The molecule has 0 aliphatic rings. The molecule has 0 fully saturated rings. The standard InChI is InChI=1S/C28H31F4NO11S2/c1-42-22-15-13-21(14-16-22)24(35)19-43-45(38,39)27(29,30)25(36)12-8-3-2-4-9-17-33-26(37)28(31,32)46(40,41)44-18-23(34)20-10-6-5-7-11-20/h5-7,10-11,13-16H,2-4,8-9,12,17-19H2,1H3,(H,33,37). The van der Waals surface area contributed by atoms with Crippen LogP contribution in [0.25, 0.3) is 0 Å². The number of unbranched alkanes of at least 4 members (excludes halogenated alkanes) is 4. The van der Waals surface area contributed by atoms with E-state index in [0.29, 0.717) is 5.75 Å². The monoisotopic (exact) mass is 697 g/mol. The summed E-state index contributed by atoms with van der Waals surface area (Å²) in [6.45, 7) is -2.89. The van der Waals surface area contributed by atoms with Gasteiger partial charge in [0.05, 0.1) is 7.11 Å². The summed E-state index contributed by atoms with van der Waals surface area (Å²) >= 11 is 0. The highest BCUT2D eigenvalue weighted by molar-refractivity contribution is 7.89. The zero-order valence-corrected chi connectivity index (χ0v) is 26.0. The minimum absolute atomic E-state index is 0.0111. The van der Waals surface area contributed by atoms with Gasteiger partial charge >= 0.3 is 36.7 Å². The summed E-state index contributed by atoms with van der Waals surface area (Å²) in [6, 6.07) is 12.4. The van der Waals surface area contributed by atoms with Gasteiger partial charge in [-0.2, -0.15) is 34.4 Å². The van der Waals surface area contributed by atoms with Crippen LogP contribution in [0.3, 0.4) is 0 Å². The number of Topliss-reactive ketones (excluding diaryl/α,β-unsaturated/α-hetero) is 3. The predicted octanol–water partition coefficient (Wildman–Crippen LogP) is 3.67. The molecule has 0 radical (unpaired) electrons. The third kappa shape index (κ3) is 10.4. The van der Waals surface area contributed by atoms with Crippen LogP contribution in [-0.2, 0) is 38.2 Å². The Morgan fingerprint density at radius 1 is 0.674 bits per heavy atom. The third-order valence-electron chi connectivity index (χ3n) is 6.28. The average molecular weight is 698 g/mol. The van der Waals surface area contributed by atoms with Crippen LogP contribution in [0.2, 0.25) is 0 Å². The first-order valence-corrected chi connectivity index (χ1v) is 16.4. The molecule has 2 rings (SSSR count). The molecule has 0 heterocycles. The van der Waals surface area contributed by atoms with Crippen LogP contribution < -0.4 is 10.1 Å². The molecule has 18 heteroatoms. The molecular weight excluding hydrogens is 666 g/mol. The average Bonchev–Trinajstić information content (AvgIpc) is 3.03. The van der Waals surface area contributed by atoms with Gasteiger partial charge in [0.15, 0.2) is 11.6 Å². The second-order valence-electron chi connectivity index (χ2n) is 9.60. The van der Waals surface area contributed by atoms with Gasteiger partial charge in [-0.3, -0.25) is 27.5 Å². The quantitative estimate of drug-likeness (QED) is 0.0872. The molecule has 2 aromatic carbocycles. The van der Waals surface area contributed by atoms with E-state index in [2.05, 4.69) is 8.37 Å². The number of amides is 1. The van der Waals surface area contributed by atoms with Gasteiger partial charge < -0.3 is 10.1 Å². The first-order chi connectivity index (χ1) is 21.5. The van der Waals surface area contributed by atoms with Crippen molar-refractivity contribution in [1.82, 2.24) is 5.32 Å². The lowest BCUT2D eigenvalue weighted by molar-refractivity contribution is -0.136. The molecule has 0 unspecified atom stereocenters. The molecule has 0 saturated heterocycles. The van der Waals surface area contributed by atoms with Crippen molar-refractivity contribution >= 4 is 43.5 Å². The predicted molar refractivity (Wildman–Crippen MR) is 153 cm³/mol. The number of rotatable bonds is 21. The minimum atomic E-state index is -5.80. The maximum Gasteiger partial charge on any atom is 0.446 e. The van der Waals surface area contributed by atoms with Gasteiger partial charge in [0.25, 0.3) is 0 Å². The summed E-state index contributed by atoms with van der Waals surface area (Å²) < 4.78 is 118. The number of halogens is 4. The molecule has 0 atom stereocenters. The van der Waals surface area contributed by atoms with Crippen molar-refractivity contribution in [1.29, 1.82) is 0 Å². The van der Waals surface area contributed by atoms with E-state index in [1.807, 2.05) is 0 Å². The number of benzene rings is 2. The Morgan fingerprint density at radius 3 is 1.70 bits per heavy atom. The van der Waals surface area contributed by atoms with Crippen molar-refractivity contribution in [2.45, 2.75) is 49.0 Å². The maximum absolute atomic E-state index is 14.3. The topological polar surface area (TPSA) is 176 Å². The van der Waals surface area contributed by atoms with Crippen molar-refractivity contribution in [2.75, 3.05) is 26.9 Å². The highest BCUT2D eigenvalue weighted by atomic mass is 32.2. The highest BCUT2D eigenvalue weighted by Crippen LogP contribution is 2.28. The SMILES string of the molecule is COc1ccc(C(=O)COS(=O)(=O)C(F)(F)C(=O)CCCCCCCNC(=O)C(F)(F)S(=O)(=O)OCC(=O)c2ccccc2)cc1. The van der Waals surface area contributed by atoms with E-state index in [1.54, 1.807) is 11.4 Å². The Kier molecular flexibility index (Phi) is 14.0. The summed E-state index contributed by atoms with van der Waals surface area (Å²) in [6.07, 6.45) is -0.329. The molecule has 0 saturated carbocycles. The smallest absolute Gasteiger partial charge is 0.446 e. The normalized spacial score (nSPS) is 12.4. The number of ketones is 3. The van der Waals surface area contributed by atoms with Gasteiger partial charge in [0.1, 0.15) is 19.0 Å². The van der Waals surface area contributed by atoms with Crippen molar-refractivity contribution in [2.24, 2.45) is 0 Å². The first kappa shape index (κ1) is 38.4. The van der Waals surface area contributed by atoms with E-state index in [0.717, 1.165) is 0 Å². The Hall–Kier alpha value is -3.74. The van der Waals surface area contributed by atoms with Gasteiger partial charge in [-0.25, -0.2) is 0 Å². The molecule has 12 nitrogen and oxygen atoms in total. The van der Waals surface area contributed by atoms with Gasteiger partial charge in [-0.1, -0.05) is 49.6 Å². The van der Waals surface area contributed by atoms with E-state index in [1.165, 1.54) is 55.6 Å². The number of alkyl halides is 4. The molecule has 46 heavy (non-hydrogen) atoms. The summed E-state index contributed by atoms with van der Waals surface area (Å²) in [5.74, 6) is -5.57. The largest absolute Gasteiger partial charge is 0.497 e. The molecule has 2 aromatic rings. The molecule has 254 valence electrons. The number of carbonyl (C=O) groups excluding carboxylic acids is 4. The number of nitrogens with one attached hydrogen (secondary N) is 1. The van der Waals surface area contributed by atoms with Crippen LogP contribution in [0, 0.1) is 0 Å². The molecule has 0 bridgehead atoms. The zero-order chi connectivity index (χ0) is 34.6. The van der Waals surface area contributed by atoms with Gasteiger partial charge in [0.2, 0.25) is 5.78 Å². The first-order valence-electron chi connectivity index (χ1n) is 13.6. The lowest BCUT2D eigenvalue weighted by Gasteiger charge is -2.16. The number of methoxy groups -OCH3 is 1. The van der Waals surface area contributed by atoms with Crippen molar-refractivity contribution in [3.05, 3.63) is 65.7 Å². The Bertz CT molecular complexity index is 1580. The number of hydrogen-bond acceptors (Lipinski definition) is 11. The maximum atomic E-state index is 14.3. The molecule has 0 aliphatic carbocycles. The number of carbonyl (C=O) groups is 4. The molecular formula is C28H31F4NO11S2. The molecule has 0 aromatic heterocycles. The highest BCUT2D eigenvalue weighted by Gasteiger charge is 2.54. The van der Waals surface area contributed by atoms with Gasteiger partial charge in [-0.15, -0.1) is 0 Å². The molecule has 0 spiro atoms. The van der Waals surface area contributed by atoms with Crippen molar-refractivity contribution < 1.29 is 66.7 Å². The van der Waals surface area contributed by atoms with Crippen LogP contribution in [0.1, 0.15) is 59.2 Å². The Labute approximate surface area is 262 Å². The summed E-state index contributed by atoms with van der Waals surface area (Å²) in [7, 11) is -10.2. The van der Waals surface area contributed by atoms with Crippen molar-refractivity contribution in [3.63, 3.8) is 0 Å². The van der Waals surface area contributed by atoms with E-state index in [-0.39, 0.29) is 43.2 Å². The lowest BCUT2D eigenvalue weighted by Crippen LogP contribution is -2.47. The van der Waals surface area contributed by atoms with Crippen LogP contribution >= 0.6 is 0 Å². The van der Waals surface area contributed by atoms with Gasteiger partial charge in [-0.05, 0) is 37.1 Å². The number of hydrogen-bond donors (Lipinski definition) is 1. The second-order valence-corrected chi connectivity index (χ2v) is 12.9. The summed E-state index contributed by atoms with van der Waals surface area (Å²) in [5, 5.41) is -8.18. The van der Waals surface area contributed by atoms with Crippen molar-refractivity contribution in [3.8, 4) is 5.75 Å². The van der Waals surface area contributed by atoms with E-state index >= 15 is 0 Å². The Balaban J connectivity index is 1.69. The molecule has 1 N–H and O–H groups in total. The molecule has 0 aliphatic heterocycles. The summed E-state index contributed by atoms with van der Waals surface area (Å²) in [5.41, 5.74) is -0.0258. The van der Waals surface area contributed by atoms with E-state index in [9.17, 15) is 53.6 Å².